The highest BCUT2D eigenvalue weighted by Gasteiger charge is 2.22. The van der Waals surface area contributed by atoms with Crippen LogP contribution in [-0.4, -0.2) is 11.9 Å². The number of amides is 1. The van der Waals surface area contributed by atoms with E-state index in [1.165, 1.54) is 0 Å². The highest BCUT2D eigenvalue weighted by Crippen LogP contribution is 2.26. The van der Waals surface area contributed by atoms with Gasteiger partial charge in [0, 0.05) is 12.5 Å². The van der Waals surface area contributed by atoms with Crippen molar-refractivity contribution in [2.45, 2.75) is 31.7 Å². The predicted molar refractivity (Wildman–Crippen MR) is 39.1 cm³/mol. The Morgan fingerprint density at radius 3 is 2.60 bits per heavy atom. The van der Waals surface area contributed by atoms with Gasteiger partial charge in [0.05, 0.1) is 0 Å². The zero-order valence-electron chi connectivity index (χ0n) is 6.05. The lowest BCUT2D eigenvalue weighted by Crippen LogP contribution is -2.18. The van der Waals surface area contributed by atoms with Crippen LogP contribution in [0.4, 0.5) is 0 Å². The zero-order valence-corrected chi connectivity index (χ0v) is 6.05. The molecule has 2 atom stereocenters. The SMILES string of the molecule is NC(=O)CC1CCC(N)C1. The van der Waals surface area contributed by atoms with Crippen LogP contribution in [0.25, 0.3) is 0 Å². The Kier molecular flexibility index (Phi) is 2.27. The molecule has 0 aromatic carbocycles. The maximum Gasteiger partial charge on any atom is 0.217 e. The van der Waals surface area contributed by atoms with Crippen LogP contribution < -0.4 is 11.5 Å². The van der Waals surface area contributed by atoms with Crippen molar-refractivity contribution in [2.24, 2.45) is 17.4 Å². The lowest BCUT2D eigenvalue weighted by atomic mass is 10.0. The fourth-order valence-corrected chi connectivity index (χ4v) is 1.58. The fourth-order valence-electron chi connectivity index (χ4n) is 1.58. The second-order valence-electron chi connectivity index (χ2n) is 3.11. The van der Waals surface area contributed by atoms with Gasteiger partial charge in [-0.15, -0.1) is 0 Å². The van der Waals surface area contributed by atoms with Gasteiger partial charge in [-0.1, -0.05) is 0 Å². The average molecular weight is 142 g/mol. The van der Waals surface area contributed by atoms with E-state index in [0.29, 0.717) is 18.4 Å². The van der Waals surface area contributed by atoms with Gasteiger partial charge in [-0.25, -0.2) is 0 Å². The minimum atomic E-state index is -0.195. The normalized spacial score (nSPS) is 32.5. The number of hydrogen-bond donors (Lipinski definition) is 2. The molecule has 2 unspecified atom stereocenters. The molecule has 0 aromatic rings. The van der Waals surface area contributed by atoms with E-state index in [1.807, 2.05) is 0 Å². The first-order valence-electron chi connectivity index (χ1n) is 3.72. The van der Waals surface area contributed by atoms with Crippen LogP contribution in [0.15, 0.2) is 0 Å². The molecule has 0 bridgehead atoms. The van der Waals surface area contributed by atoms with Crippen molar-refractivity contribution < 1.29 is 4.79 Å². The molecule has 10 heavy (non-hydrogen) atoms. The van der Waals surface area contributed by atoms with Gasteiger partial charge in [0.15, 0.2) is 0 Å². The summed E-state index contributed by atoms with van der Waals surface area (Å²) in [7, 11) is 0. The molecule has 0 heterocycles. The third kappa shape index (κ3) is 1.99. The van der Waals surface area contributed by atoms with Crippen molar-refractivity contribution in [2.75, 3.05) is 0 Å². The molecule has 0 aromatic heterocycles. The number of rotatable bonds is 2. The van der Waals surface area contributed by atoms with E-state index in [4.69, 9.17) is 11.5 Å². The Balaban J connectivity index is 2.24. The number of carbonyl (C=O) groups is 1. The summed E-state index contributed by atoms with van der Waals surface area (Å²) in [6.07, 6.45) is 3.62. The van der Waals surface area contributed by atoms with Gasteiger partial charge in [-0.2, -0.15) is 0 Å². The molecule has 1 fully saturated rings. The third-order valence-corrected chi connectivity index (χ3v) is 2.07. The van der Waals surface area contributed by atoms with Crippen LogP contribution >= 0.6 is 0 Å². The number of hydrogen-bond acceptors (Lipinski definition) is 2. The van der Waals surface area contributed by atoms with Crippen LogP contribution in [0.1, 0.15) is 25.7 Å². The van der Waals surface area contributed by atoms with Gasteiger partial charge in [0.2, 0.25) is 5.91 Å². The van der Waals surface area contributed by atoms with Gasteiger partial charge >= 0.3 is 0 Å². The van der Waals surface area contributed by atoms with Crippen LogP contribution in [0.2, 0.25) is 0 Å². The fraction of sp³-hybridized carbons (Fsp3) is 0.857. The molecule has 4 N–H and O–H groups in total. The second kappa shape index (κ2) is 3.01. The number of nitrogens with two attached hydrogens (primary N) is 2. The molecule has 1 amide bonds. The molecule has 58 valence electrons. The minimum Gasteiger partial charge on any atom is -0.370 e. The lowest BCUT2D eigenvalue weighted by Gasteiger charge is -2.04. The molecule has 3 nitrogen and oxygen atoms in total. The summed E-state index contributed by atoms with van der Waals surface area (Å²) in [5, 5.41) is 0. The molecule has 1 saturated carbocycles. The molecular weight excluding hydrogens is 128 g/mol. The summed E-state index contributed by atoms with van der Waals surface area (Å²) in [6, 6.07) is 0.310. The molecule has 0 radical (unpaired) electrons. The molecule has 0 saturated heterocycles. The van der Waals surface area contributed by atoms with Crippen molar-refractivity contribution in [3.63, 3.8) is 0 Å². The van der Waals surface area contributed by atoms with Gasteiger partial charge in [0.25, 0.3) is 0 Å². The Bertz CT molecular complexity index is 136. The molecule has 1 aliphatic rings. The van der Waals surface area contributed by atoms with Gasteiger partial charge in [0.1, 0.15) is 0 Å². The summed E-state index contributed by atoms with van der Waals surface area (Å²) >= 11 is 0. The Labute approximate surface area is 60.8 Å². The summed E-state index contributed by atoms with van der Waals surface area (Å²) in [5.74, 6) is 0.270. The summed E-state index contributed by atoms with van der Waals surface area (Å²) in [5.41, 5.74) is 10.7. The largest absolute Gasteiger partial charge is 0.370 e. The van der Waals surface area contributed by atoms with Crippen LogP contribution in [-0.2, 0) is 4.79 Å². The molecule has 1 rings (SSSR count). The zero-order chi connectivity index (χ0) is 7.56. The molecule has 0 aliphatic heterocycles. The topological polar surface area (TPSA) is 69.1 Å². The Hall–Kier alpha value is -0.570. The Morgan fingerprint density at radius 1 is 1.50 bits per heavy atom. The highest BCUT2D eigenvalue weighted by atomic mass is 16.1. The predicted octanol–water partition coefficient (Wildman–Crippen LogP) is -0.0108. The quantitative estimate of drug-likeness (QED) is 0.569. The minimum absolute atomic E-state index is 0.195. The molecular formula is C7H14N2O. The standard InChI is InChI=1S/C7H14N2O/c8-6-2-1-5(3-6)4-7(9)10/h5-6H,1-4,8H2,(H2,9,10). The summed E-state index contributed by atoms with van der Waals surface area (Å²) < 4.78 is 0. The molecule has 0 spiro atoms. The van der Waals surface area contributed by atoms with Gasteiger partial charge in [-0.05, 0) is 25.2 Å². The summed E-state index contributed by atoms with van der Waals surface area (Å²) in [6.45, 7) is 0. The van der Waals surface area contributed by atoms with Crippen molar-refractivity contribution in [1.82, 2.24) is 0 Å². The van der Waals surface area contributed by atoms with Crippen LogP contribution in [0.5, 0.6) is 0 Å². The monoisotopic (exact) mass is 142 g/mol. The van der Waals surface area contributed by atoms with Crippen LogP contribution in [0.3, 0.4) is 0 Å². The van der Waals surface area contributed by atoms with Crippen molar-refractivity contribution >= 4 is 5.91 Å². The smallest absolute Gasteiger partial charge is 0.217 e. The lowest BCUT2D eigenvalue weighted by molar-refractivity contribution is -0.118. The number of carbonyl (C=O) groups excluding carboxylic acids is 1. The molecule has 3 heteroatoms. The maximum absolute atomic E-state index is 10.4. The third-order valence-electron chi connectivity index (χ3n) is 2.07. The van der Waals surface area contributed by atoms with Crippen molar-refractivity contribution in [1.29, 1.82) is 0 Å². The van der Waals surface area contributed by atoms with Crippen molar-refractivity contribution in [3.05, 3.63) is 0 Å². The summed E-state index contributed by atoms with van der Waals surface area (Å²) in [4.78, 5) is 10.4. The average Bonchev–Trinajstić information content (AvgIpc) is 2.13. The van der Waals surface area contributed by atoms with Crippen LogP contribution in [0, 0.1) is 5.92 Å². The van der Waals surface area contributed by atoms with Gasteiger partial charge < -0.3 is 11.5 Å². The highest BCUT2D eigenvalue weighted by molar-refractivity contribution is 5.74. The first-order chi connectivity index (χ1) is 4.68. The number of primary amides is 1. The van der Waals surface area contributed by atoms with Gasteiger partial charge in [-0.3, -0.25) is 4.79 Å². The van der Waals surface area contributed by atoms with E-state index in [1.54, 1.807) is 0 Å². The van der Waals surface area contributed by atoms with E-state index in [-0.39, 0.29) is 5.91 Å². The van der Waals surface area contributed by atoms with E-state index < -0.39 is 0 Å². The maximum atomic E-state index is 10.4. The van der Waals surface area contributed by atoms with E-state index in [2.05, 4.69) is 0 Å². The van der Waals surface area contributed by atoms with Crippen molar-refractivity contribution in [3.8, 4) is 0 Å². The first kappa shape index (κ1) is 7.54. The second-order valence-corrected chi connectivity index (χ2v) is 3.11. The Morgan fingerprint density at radius 2 is 2.20 bits per heavy atom. The first-order valence-corrected chi connectivity index (χ1v) is 3.72. The molecule has 1 aliphatic carbocycles. The van der Waals surface area contributed by atoms with E-state index >= 15 is 0 Å². The van der Waals surface area contributed by atoms with E-state index in [9.17, 15) is 4.79 Å². The van der Waals surface area contributed by atoms with E-state index in [0.717, 1.165) is 19.3 Å².